The molecule has 0 saturated heterocycles. The van der Waals surface area contributed by atoms with Crippen LogP contribution in [0.1, 0.15) is 37.6 Å². The lowest BCUT2D eigenvalue weighted by Crippen LogP contribution is -2.35. The van der Waals surface area contributed by atoms with Gasteiger partial charge in [0.15, 0.2) is 5.58 Å². The van der Waals surface area contributed by atoms with E-state index < -0.39 is 36.8 Å². The van der Waals surface area contributed by atoms with E-state index in [1.165, 1.54) is 0 Å². The predicted octanol–water partition coefficient (Wildman–Crippen LogP) is 3.42. The van der Waals surface area contributed by atoms with Gasteiger partial charge >= 0.3 is 6.18 Å². The molecule has 0 spiro atoms. The zero-order valence-corrected chi connectivity index (χ0v) is 20.0. The molecular formula is C24H30F3N5O4. The number of aryl methyl sites for hydroxylation is 2. The summed E-state index contributed by atoms with van der Waals surface area (Å²) in [4.78, 5) is 13.2. The number of furan rings is 1. The monoisotopic (exact) mass is 509 g/mol. The summed E-state index contributed by atoms with van der Waals surface area (Å²) in [7, 11) is 0. The number of halogens is 3. The van der Waals surface area contributed by atoms with Gasteiger partial charge in [0.1, 0.15) is 17.7 Å². The van der Waals surface area contributed by atoms with Gasteiger partial charge in [-0.25, -0.2) is 4.98 Å². The number of fused-ring (bicyclic) bond motifs is 1. The molecule has 9 nitrogen and oxygen atoms in total. The van der Waals surface area contributed by atoms with E-state index in [0.717, 1.165) is 17.5 Å². The van der Waals surface area contributed by atoms with E-state index in [1.807, 2.05) is 19.1 Å². The number of alkyl halides is 3. The van der Waals surface area contributed by atoms with Crippen molar-refractivity contribution in [3.8, 4) is 11.3 Å². The molecule has 0 amide bonds. The Morgan fingerprint density at radius 3 is 2.61 bits per heavy atom. The Morgan fingerprint density at radius 2 is 1.94 bits per heavy atom. The van der Waals surface area contributed by atoms with Crippen molar-refractivity contribution < 1.29 is 32.9 Å². The molecule has 0 radical (unpaired) electrons. The maximum Gasteiger partial charge on any atom is 0.389 e. The second-order valence-electron chi connectivity index (χ2n) is 9.09. The maximum atomic E-state index is 12.5. The van der Waals surface area contributed by atoms with Crippen molar-refractivity contribution in [3.63, 3.8) is 0 Å². The van der Waals surface area contributed by atoms with Crippen LogP contribution in [0.3, 0.4) is 0 Å². The van der Waals surface area contributed by atoms with Gasteiger partial charge in [0.2, 0.25) is 5.95 Å². The van der Waals surface area contributed by atoms with Gasteiger partial charge in [-0.3, -0.25) is 4.98 Å². The number of hydrogen-bond acceptors (Lipinski definition) is 9. The first-order chi connectivity index (χ1) is 17.1. The Labute approximate surface area is 205 Å². The van der Waals surface area contributed by atoms with Gasteiger partial charge in [0.25, 0.3) is 0 Å². The highest BCUT2D eigenvalue weighted by Crippen LogP contribution is 2.37. The number of anilines is 2. The van der Waals surface area contributed by atoms with Crippen molar-refractivity contribution in [1.82, 2.24) is 15.0 Å². The van der Waals surface area contributed by atoms with Crippen LogP contribution in [0.5, 0.6) is 0 Å². The van der Waals surface area contributed by atoms with Gasteiger partial charge in [0, 0.05) is 36.6 Å². The minimum atomic E-state index is -4.24. The number of nitrogens with one attached hydrogen (secondary N) is 2. The molecule has 1 fully saturated rings. The molecule has 5 N–H and O–H groups in total. The fraction of sp³-hybridized carbons (Fsp3) is 0.542. The van der Waals surface area contributed by atoms with Gasteiger partial charge in [-0.15, -0.1) is 0 Å². The molecule has 3 heterocycles. The first-order valence-electron chi connectivity index (χ1n) is 11.9. The summed E-state index contributed by atoms with van der Waals surface area (Å²) in [5.41, 5.74) is 2.48. The van der Waals surface area contributed by atoms with Crippen molar-refractivity contribution in [1.29, 1.82) is 0 Å². The molecule has 1 aliphatic rings. The highest BCUT2D eigenvalue weighted by Gasteiger charge is 2.41. The highest BCUT2D eigenvalue weighted by atomic mass is 19.4. The lowest BCUT2D eigenvalue weighted by Gasteiger charge is -2.21. The van der Waals surface area contributed by atoms with Gasteiger partial charge in [-0.05, 0) is 38.3 Å². The molecule has 0 bridgehead atoms. The molecule has 36 heavy (non-hydrogen) atoms. The molecule has 3 aromatic rings. The Bertz CT molecular complexity index is 1200. The Balaban J connectivity index is 1.67. The molecule has 0 unspecified atom stereocenters. The molecule has 12 heteroatoms. The second-order valence-corrected chi connectivity index (χ2v) is 9.09. The first kappa shape index (κ1) is 26.1. The van der Waals surface area contributed by atoms with Gasteiger partial charge in [0.05, 0.1) is 29.6 Å². The number of hydrogen-bond donors (Lipinski definition) is 5. The summed E-state index contributed by atoms with van der Waals surface area (Å²) >= 11 is 0. The Morgan fingerprint density at radius 1 is 1.17 bits per heavy atom. The first-order valence-corrected chi connectivity index (χ1v) is 11.9. The summed E-state index contributed by atoms with van der Waals surface area (Å²) in [6, 6.07) is 3.13. The van der Waals surface area contributed by atoms with Crippen molar-refractivity contribution in [2.24, 2.45) is 5.92 Å². The fourth-order valence-electron chi connectivity index (χ4n) is 4.47. The van der Waals surface area contributed by atoms with Crippen LogP contribution in [0.25, 0.3) is 22.3 Å². The fourth-order valence-corrected chi connectivity index (χ4v) is 4.47. The standard InChI is InChI=1S/C24H30F3N5O4/c1-3-15-7-13-9-17(36-18(13)10-29-15)19-12(2)30-23(28-6-4-5-24(25,26)27)32-22(19)31-16-8-14(11-33)20(34)21(16)35/h7,9-10,14,16,20-21,33-35H,3-6,8,11H2,1-2H3,(H2,28,30,31,32)/t14-,16-,20-,21+/m1/s1. The molecule has 1 aliphatic carbocycles. The van der Waals surface area contributed by atoms with Crippen LogP contribution in [0.4, 0.5) is 24.9 Å². The quantitative estimate of drug-likeness (QED) is 0.275. The lowest BCUT2D eigenvalue weighted by molar-refractivity contribution is -0.134. The Hall–Kier alpha value is -2.96. The average molecular weight is 510 g/mol. The number of aromatic nitrogens is 3. The summed E-state index contributed by atoms with van der Waals surface area (Å²) in [5.74, 6) is 0.362. The van der Waals surface area contributed by atoms with E-state index in [-0.39, 0.29) is 25.5 Å². The third-order valence-electron chi connectivity index (χ3n) is 6.44. The van der Waals surface area contributed by atoms with E-state index in [1.54, 1.807) is 13.1 Å². The van der Waals surface area contributed by atoms with Crippen molar-refractivity contribution in [3.05, 3.63) is 29.7 Å². The molecule has 1 saturated carbocycles. The zero-order chi connectivity index (χ0) is 26.0. The second kappa shape index (κ2) is 10.6. The summed E-state index contributed by atoms with van der Waals surface area (Å²) in [6.45, 7) is 3.46. The summed E-state index contributed by atoms with van der Waals surface area (Å²) in [5, 5.41) is 37.1. The third kappa shape index (κ3) is 5.71. The maximum absolute atomic E-state index is 12.5. The highest BCUT2D eigenvalue weighted by molar-refractivity contribution is 5.86. The lowest BCUT2D eigenvalue weighted by atomic mass is 10.1. The molecular weight excluding hydrogens is 479 g/mol. The number of pyridine rings is 1. The molecule has 0 aliphatic heterocycles. The largest absolute Gasteiger partial charge is 0.454 e. The summed E-state index contributed by atoms with van der Waals surface area (Å²) < 4.78 is 43.5. The SMILES string of the molecule is CCc1cc2cc(-c3c(C)nc(NCCCC(F)(F)F)nc3N[C@@H]3C[C@H](CO)[C@@H](O)[C@H]3O)oc2cn1. The number of nitrogens with zero attached hydrogens (tertiary/aromatic N) is 3. The van der Waals surface area contributed by atoms with Crippen molar-refractivity contribution in [2.45, 2.75) is 64.0 Å². The van der Waals surface area contributed by atoms with Crippen LogP contribution in [-0.2, 0) is 6.42 Å². The molecule has 196 valence electrons. The smallest absolute Gasteiger partial charge is 0.389 e. The summed E-state index contributed by atoms with van der Waals surface area (Å²) in [6.07, 6.45) is -4.88. The van der Waals surface area contributed by atoms with E-state index in [2.05, 4.69) is 25.6 Å². The number of aliphatic hydroxyl groups excluding tert-OH is 3. The number of rotatable bonds is 9. The van der Waals surface area contributed by atoms with E-state index in [9.17, 15) is 28.5 Å². The van der Waals surface area contributed by atoms with Crippen LogP contribution in [0.2, 0.25) is 0 Å². The van der Waals surface area contributed by atoms with Crippen LogP contribution in [-0.4, -0.2) is 67.8 Å². The van der Waals surface area contributed by atoms with Gasteiger partial charge in [-0.1, -0.05) is 6.92 Å². The normalized spacial score (nSPS) is 22.3. The van der Waals surface area contributed by atoms with Crippen LogP contribution < -0.4 is 10.6 Å². The van der Waals surface area contributed by atoms with E-state index in [4.69, 9.17) is 4.42 Å². The van der Waals surface area contributed by atoms with Crippen LogP contribution in [0, 0.1) is 12.8 Å². The molecule has 3 aromatic heterocycles. The minimum Gasteiger partial charge on any atom is -0.454 e. The third-order valence-corrected chi connectivity index (χ3v) is 6.44. The molecule has 0 aromatic carbocycles. The topological polar surface area (TPSA) is 137 Å². The van der Waals surface area contributed by atoms with Crippen LogP contribution >= 0.6 is 0 Å². The van der Waals surface area contributed by atoms with Crippen LogP contribution in [0.15, 0.2) is 22.7 Å². The predicted molar refractivity (Wildman–Crippen MR) is 128 cm³/mol. The Kier molecular flexibility index (Phi) is 7.67. The molecule has 4 rings (SSSR count). The average Bonchev–Trinajstić information content (AvgIpc) is 3.36. The van der Waals surface area contributed by atoms with E-state index in [0.29, 0.717) is 34.8 Å². The van der Waals surface area contributed by atoms with Crippen molar-refractivity contribution in [2.75, 3.05) is 23.8 Å². The van der Waals surface area contributed by atoms with Crippen molar-refractivity contribution >= 4 is 22.7 Å². The molecule has 4 atom stereocenters. The van der Waals surface area contributed by atoms with Gasteiger partial charge < -0.3 is 30.4 Å². The number of aliphatic hydroxyl groups is 3. The van der Waals surface area contributed by atoms with E-state index >= 15 is 0 Å². The zero-order valence-electron chi connectivity index (χ0n) is 20.0. The van der Waals surface area contributed by atoms with Gasteiger partial charge in [-0.2, -0.15) is 18.2 Å². The minimum absolute atomic E-state index is 0.0190.